The number of carbonyl (C=O) groups is 1. The number of nitrogens with zero attached hydrogens (tertiary/aromatic N) is 1. The van der Waals surface area contributed by atoms with E-state index in [1.807, 2.05) is 6.08 Å². The molecule has 0 saturated heterocycles. The first-order valence-electron chi connectivity index (χ1n) is 19.0. The highest BCUT2D eigenvalue weighted by atomic mass is 16.5. The summed E-state index contributed by atoms with van der Waals surface area (Å²) in [6.07, 6.45) is 44.6. The maximum atomic E-state index is 10.3. The first-order valence-corrected chi connectivity index (χ1v) is 19.0. The molecule has 0 aromatic rings. The van der Waals surface area contributed by atoms with Crippen LogP contribution in [0, 0.1) is 0 Å². The van der Waals surface area contributed by atoms with Gasteiger partial charge in [0.1, 0.15) is 12.6 Å². The Labute approximate surface area is 273 Å². The van der Waals surface area contributed by atoms with E-state index >= 15 is 0 Å². The van der Waals surface area contributed by atoms with Gasteiger partial charge in [0.15, 0.2) is 0 Å². The first-order chi connectivity index (χ1) is 21.6. The Balaban J connectivity index is 0.000000856. The van der Waals surface area contributed by atoms with Crippen LogP contribution in [0.5, 0.6) is 0 Å². The molecule has 1 aliphatic heterocycles. The van der Waals surface area contributed by atoms with Crippen LogP contribution < -0.4 is 0 Å². The van der Waals surface area contributed by atoms with Crippen molar-refractivity contribution in [1.29, 1.82) is 0 Å². The van der Waals surface area contributed by atoms with E-state index in [0.29, 0.717) is 18.9 Å². The molecule has 5 nitrogen and oxygen atoms in total. The van der Waals surface area contributed by atoms with E-state index in [1.54, 1.807) is 0 Å². The normalized spacial score (nSPS) is 14.6. The average Bonchev–Trinajstić information content (AvgIpc) is 3.49. The molecule has 0 saturated carbocycles. The van der Waals surface area contributed by atoms with Crippen molar-refractivity contribution >= 4 is 11.9 Å². The summed E-state index contributed by atoms with van der Waals surface area (Å²) in [4.78, 5) is 14.6. The zero-order chi connectivity index (χ0) is 32.2. The molecule has 0 aromatic carbocycles. The number of carboxylic acid groups (broad SMARTS) is 1. The number of hydrogen-bond donors (Lipinski definition) is 2. The van der Waals surface area contributed by atoms with Crippen molar-refractivity contribution in [3.8, 4) is 0 Å². The summed E-state index contributed by atoms with van der Waals surface area (Å²) >= 11 is 0. The van der Waals surface area contributed by atoms with Gasteiger partial charge in [0, 0.05) is 6.42 Å². The average molecular weight is 620 g/mol. The summed E-state index contributed by atoms with van der Waals surface area (Å²) in [5.41, 5.74) is 0. The third-order valence-electron chi connectivity index (χ3n) is 8.33. The minimum absolute atomic E-state index is 0.0546. The SMILES string of the molecule is CCCCCCCCC=CCCCCCCCC(=O)O.CCCCCCCCCCCCCCCC=CC1=NC(CO)CO1. The van der Waals surface area contributed by atoms with Crippen molar-refractivity contribution in [3.05, 3.63) is 24.3 Å². The largest absolute Gasteiger partial charge is 0.481 e. The van der Waals surface area contributed by atoms with E-state index in [2.05, 4.69) is 37.1 Å². The van der Waals surface area contributed by atoms with Gasteiger partial charge < -0.3 is 14.9 Å². The van der Waals surface area contributed by atoms with Gasteiger partial charge in [-0.2, -0.15) is 0 Å². The van der Waals surface area contributed by atoms with Gasteiger partial charge in [-0.1, -0.05) is 160 Å². The number of aliphatic hydroxyl groups excluding tert-OH is 1. The maximum absolute atomic E-state index is 10.3. The molecule has 0 spiro atoms. The summed E-state index contributed by atoms with van der Waals surface area (Å²) in [5, 5.41) is 17.5. The molecule has 1 unspecified atom stereocenters. The lowest BCUT2D eigenvalue weighted by molar-refractivity contribution is -0.137. The molecule has 0 bridgehead atoms. The quantitative estimate of drug-likeness (QED) is 0.0597. The highest BCUT2D eigenvalue weighted by molar-refractivity contribution is 5.88. The topological polar surface area (TPSA) is 79.1 Å². The number of aliphatic imine (C=N–C) groups is 1. The van der Waals surface area contributed by atoms with Gasteiger partial charge in [-0.05, 0) is 51.0 Å². The molecule has 0 fully saturated rings. The third kappa shape index (κ3) is 33.3. The maximum Gasteiger partial charge on any atom is 0.303 e. The number of ether oxygens (including phenoxy) is 1. The number of allylic oxidation sites excluding steroid dienone is 3. The standard InChI is InChI=1S/C21H39NO2.C18H34O2/c1-2-3-4-5-6-7-8-9-10-11-12-13-14-15-16-17-21-22-20(18-23)19-24-21;1-2-3-4-5-6-7-8-9-10-11-12-13-14-15-16-17-18(19)20/h16-17,20,23H,2-15,18-19H2,1H3;9-10H,2-8,11-17H2,1H3,(H,19,20). The van der Waals surface area contributed by atoms with Gasteiger partial charge >= 0.3 is 5.97 Å². The van der Waals surface area contributed by atoms with Crippen LogP contribution in [0.1, 0.15) is 194 Å². The molecule has 5 heteroatoms. The number of aliphatic hydroxyl groups is 1. The van der Waals surface area contributed by atoms with E-state index in [0.717, 1.165) is 19.3 Å². The molecule has 1 rings (SSSR count). The van der Waals surface area contributed by atoms with Crippen molar-refractivity contribution < 1.29 is 19.7 Å². The fourth-order valence-corrected chi connectivity index (χ4v) is 5.43. The Hall–Kier alpha value is -1.62. The molecule has 258 valence electrons. The fourth-order valence-electron chi connectivity index (χ4n) is 5.43. The monoisotopic (exact) mass is 620 g/mol. The Kier molecular flexibility index (Phi) is 34.5. The molecule has 0 radical (unpaired) electrons. The summed E-state index contributed by atoms with van der Waals surface area (Å²) in [6.45, 7) is 5.14. The van der Waals surface area contributed by atoms with E-state index in [1.165, 1.54) is 154 Å². The predicted octanol–water partition coefficient (Wildman–Crippen LogP) is 11.9. The molecule has 0 aromatic heterocycles. The molecule has 1 aliphatic rings. The Bertz CT molecular complexity index is 688. The molecule has 0 amide bonds. The van der Waals surface area contributed by atoms with Gasteiger partial charge in [-0.25, -0.2) is 4.99 Å². The van der Waals surface area contributed by atoms with Gasteiger partial charge in [-0.15, -0.1) is 0 Å². The minimum atomic E-state index is -0.664. The number of aliphatic carboxylic acids is 1. The second-order valence-corrected chi connectivity index (χ2v) is 12.8. The van der Waals surface area contributed by atoms with Gasteiger partial charge in [0.25, 0.3) is 0 Å². The van der Waals surface area contributed by atoms with Crippen LogP contribution in [0.2, 0.25) is 0 Å². The lowest BCUT2D eigenvalue weighted by Crippen LogP contribution is -2.10. The molecule has 1 heterocycles. The number of unbranched alkanes of at least 4 members (excludes halogenated alkanes) is 24. The van der Waals surface area contributed by atoms with Crippen molar-refractivity contribution in [2.45, 2.75) is 200 Å². The Morgan fingerprint density at radius 2 is 1.02 bits per heavy atom. The first kappa shape index (κ1) is 42.4. The van der Waals surface area contributed by atoms with Crippen molar-refractivity contribution in [2.75, 3.05) is 13.2 Å². The van der Waals surface area contributed by atoms with Gasteiger partial charge in [0.2, 0.25) is 5.90 Å². The van der Waals surface area contributed by atoms with E-state index in [4.69, 9.17) is 14.9 Å². The van der Waals surface area contributed by atoms with Crippen LogP contribution in [0.15, 0.2) is 29.3 Å². The van der Waals surface area contributed by atoms with Gasteiger partial charge in [-0.3, -0.25) is 4.79 Å². The van der Waals surface area contributed by atoms with Crippen molar-refractivity contribution in [1.82, 2.24) is 0 Å². The zero-order valence-electron chi connectivity index (χ0n) is 29.3. The lowest BCUT2D eigenvalue weighted by Gasteiger charge is -2.02. The van der Waals surface area contributed by atoms with Crippen LogP contribution >= 0.6 is 0 Å². The fraction of sp³-hybridized carbons (Fsp3) is 0.846. The van der Waals surface area contributed by atoms with Gasteiger partial charge in [0.05, 0.1) is 6.61 Å². The van der Waals surface area contributed by atoms with Crippen LogP contribution in [0.4, 0.5) is 0 Å². The predicted molar refractivity (Wildman–Crippen MR) is 191 cm³/mol. The molecule has 0 aliphatic carbocycles. The zero-order valence-corrected chi connectivity index (χ0v) is 29.3. The highest BCUT2D eigenvalue weighted by Gasteiger charge is 2.15. The van der Waals surface area contributed by atoms with E-state index < -0.39 is 5.97 Å². The Morgan fingerprint density at radius 3 is 1.41 bits per heavy atom. The second kappa shape index (κ2) is 35.9. The molecule has 2 N–H and O–H groups in total. The lowest BCUT2D eigenvalue weighted by atomic mass is 10.0. The van der Waals surface area contributed by atoms with E-state index in [-0.39, 0.29) is 12.6 Å². The number of carboxylic acids is 1. The minimum Gasteiger partial charge on any atom is -0.481 e. The smallest absolute Gasteiger partial charge is 0.303 e. The van der Waals surface area contributed by atoms with Crippen LogP contribution in [-0.2, 0) is 9.53 Å². The third-order valence-corrected chi connectivity index (χ3v) is 8.33. The number of hydrogen-bond acceptors (Lipinski definition) is 4. The van der Waals surface area contributed by atoms with Crippen molar-refractivity contribution in [2.24, 2.45) is 4.99 Å². The molecular formula is C39H73NO4. The van der Waals surface area contributed by atoms with Crippen LogP contribution in [0.3, 0.4) is 0 Å². The summed E-state index contributed by atoms with van der Waals surface area (Å²) in [6, 6.07) is -0.0546. The summed E-state index contributed by atoms with van der Waals surface area (Å²) in [7, 11) is 0. The van der Waals surface area contributed by atoms with E-state index in [9.17, 15) is 4.79 Å². The molecule has 1 atom stereocenters. The number of rotatable bonds is 31. The molecule has 44 heavy (non-hydrogen) atoms. The second-order valence-electron chi connectivity index (χ2n) is 12.8. The highest BCUT2D eigenvalue weighted by Crippen LogP contribution is 2.14. The van der Waals surface area contributed by atoms with Crippen LogP contribution in [-0.4, -0.2) is 41.3 Å². The van der Waals surface area contributed by atoms with Crippen LogP contribution in [0.25, 0.3) is 0 Å². The molecular weight excluding hydrogens is 546 g/mol. The summed E-state index contributed by atoms with van der Waals surface area (Å²) < 4.78 is 5.38. The van der Waals surface area contributed by atoms with Crippen molar-refractivity contribution in [3.63, 3.8) is 0 Å². The summed E-state index contributed by atoms with van der Waals surface area (Å²) in [5.74, 6) is 0.0198. The Morgan fingerprint density at radius 1 is 0.636 bits per heavy atom.